The summed E-state index contributed by atoms with van der Waals surface area (Å²) in [7, 11) is 0. The molecule has 0 bridgehead atoms. The number of carbonyl (C=O) groups excluding carboxylic acids is 10. The van der Waals surface area contributed by atoms with Crippen molar-refractivity contribution in [3.8, 4) is 11.5 Å². The number of nitrogens with one attached hydrogen (secondary N) is 8. The molecule has 29 nitrogen and oxygen atoms in total. The zero-order valence-corrected chi connectivity index (χ0v) is 47.1. The van der Waals surface area contributed by atoms with Gasteiger partial charge in [-0.15, -0.1) is 0 Å². The highest BCUT2D eigenvalue weighted by atomic mass is 16.4. The van der Waals surface area contributed by atoms with Crippen LogP contribution >= 0.6 is 0 Å². The molecule has 0 radical (unpaired) electrons. The molecular weight excluding hydrogens is 1090 g/mol. The second-order valence-electron chi connectivity index (χ2n) is 21.1. The average Bonchev–Trinajstić information content (AvgIpc) is 3.41. The minimum Gasteiger partial charge on any atom is -0.508 e. The summed E-state index contributed by atoms with van der Waals surface area (Å²) < 4.78 is 0. The molecular formula is C54H79N11O18. The van der Waals surface area contributed by atoms with E-state index in [0.29, 0.717) is 11.1 Å². The van der Waals surface area contributed by atoms with E-state index in [4.69, 9.17) is 17.2 Å². The van der Waals surface area contributed by atoms with Crippen LogP contribution in [0.25, 0.3) is 0 Å². The Hall–Kier alpha value is -8.89. The number of rotatable bonds is 37. The van der Waals surface area contributed by atoms with E-state index in [1.807, 2.05) is 13.8 Å². The standard InChI is InChI=1S/C54H79N11O18/c1-26(2)21-33(55)46(74)65-45(28(5)6)53(81)60-34(15-18-41(56)68)47(75)58-35(16-19-43(70)71)48(76)63-39(25-42(57)69)52(80)62-38(23-29-7-11-31(66)12-8-29)51(79)61-37(22-27(3)4)50(78)59-36(17-20-44(72)73)49(77)64-40(54(82)83)24-30-9-13-32(67)14-10-30/h7-14,26-28,33-40,45,66-67H,15-25,55H2,1-6H3,(H2,56,68)(H2,57,69)(H,58,75)(H,59,78)(H,60,81)(H,61,79)(H,62,80)(H,63,76)(H,64,77)(H,65,74)(H,70,71)(H,72,73)(H,82,83)/t33-,34-,35-,36-,37-,38-,39-,40-,45-/m0/s1. The van der Waals surface area contributed by atoms with Crippen LogP contribution in [0.2, 0.25) is 0 Å². The maximum Gasteiger partial charge on any atom is 0.326 e. The highest BCUT2D eigenvalue weighted by Crippen LogP contribution is 2.16. The molecule has 0 heterocycles. The third-order valence-corrected chi connectivity index (χ3v) is 12.6. The number of aliphatic carboxylic acids is 3. The lowest BCUT2D eigenvalue weighted by Gasteiger charge is -2.28. The van der Waals surface area contributed by atoms with Crippen LogP contribution < -0.4 is 59.7 Å². The fourth-order valence-corrected chi connectivity index (χ4v) is 8.19. The second kappa shape index (κ2) is 34.4. The van der Waals surface area contributed by atoms with Crippen LogP contribution in [-0.4, -0.2) is 157 Å². The van der Waals surface area contributed by atoms with Crippen LogP contribution in [0, 0.1) is 17.8 Å². The lowest BCUT2D eigenvalue weighted by atomic mass is 9.99. The molecule has 10 amide bonds. The Morgan fingerprint density at radius 1 is 0.410 bits per heavy atom. The van der Waals surface area contributed by atoms with Gasteiger partial charge >= 0.3 is 17.9 Å². The largest absolute Gasteiger partial charge is 0.508 e. The molecule has 83 heavy (non-hydrogen) atoms. The van der Waals surface area contributed by atoms with E-state index < -0.39 is 189 Å². The number of nitrogens with two attached hydrogens (primary N) is 3. The fourth-order valence-electron chi connectivity index (χ4n) is 8.19. The molecule has 0 spiro atoms. The van der Waals surface area contributed by atoms with Gasteiger partial charge in [-0.1, -0.05) is 65.8 Å². The number of amides is 10. The van der Waals surface area contributed by atoms with E-state index in [-0.39, 0.29) is 42.6 Å². The average molecular weight is 1170 g/mol. The molecule has 0 aliphatic rings. The maximum atomic E-state index is 14.4. The van der Waals surface area contributed by atoms with E-state index in [1.165, 1.54) is 48.5 Å². The Morgan fingerprint density at radius 3 is 1.16 bits per heavy atom. The van der Waals surface area contributed by atoms with E-state index >= 15 is 0 Å². The van der Waals surface area contributed by atoms with Crippen molar-refractivity contribution in [2.75, 3.05) is 0 Å². The van der Waals surface area contributed by atoms with Crippen LogP contribution in [0.1, 0.15) is 110 Å². The molecule has 2 rings (SSSR count). The first-order valence-electron chi connectivity index (χ1n) is 26.7. The monoisotopic (exact) mass is 1170 g/mol. The minimum atomic E-state index is -1.98. The van der Waals surface area contributed by atoms with Crippen molar-refractivity contribution in [3.05, 3.63) is 59.7 Å². The first kappa shape index (κ1) is 70.2. The number of hydrogen-bond acceptors (Lipinski definition) is 16. The van der Waals surface area contributed by atoms with Gasteiger partial charge in [0.2, 0.25) is 59.1 Å². The van der Waals surface area contributed by atoms with Gasteiger partial charge in [-0.3, -0.25) is 57.5 Å². The predicted octanol–water partition coefficient (Wildman–Crippen LogP) is -2.21. The summed E-state index contributed by atoms with van der Waals surface area (Å²) in [6.07, 6.45) is -5.17. The molecule has 0 aliphatic heterocycles. The zero-order valence-electron chi connectivity index (χ0n) is 47.1. The first-order valence-corrected chi connectivity index (χ1v) is 26.7. The number of carboxylic acid groups (broad SMARTS) is 3. The summed E-state index contributed by atoms with van der Waals surface area (Å²) in [5, 5.41) is 67.8. The fraction of sp³-hybridized carbons (Fsp3) is 0.537. The lowest BCUT2D eigenvalue weighted by molar-refractivity contribution is -0.143. The Balaban J connectivity index is 2.54. The highest BCUT2D eigenvalue weighted by molar-refractivity contribution is 5.99. The Labute approximate surface area is 478 Å². The molecule has 0 saturated carbocycles. The number of carboxylic acids is 3. The van der Waals surface area contributed by atoms with Crippen molar-refractivity contribution >= 4 is 77.0 Å². The van der Waals surface area contributed by atoms with Crippen LogP contribution in [0.4, 0.5) is 0 Å². The molecule has 0 aliphatic carbocycles. The molecule has 0 unspecified atom stereocenters. The number of carbonyl (C=O) groups is 13. The number of hydrogen-bond donors (Lipinski definition) is 16. The van der Waals surface area contributed by atoms with Gasteiger partial charge in [0.25, 0.3) is 0 Å². The van der Waals surface area contributed by atoms with Crippen LogP contribution in [0.15, 0.2) is 48.5 Å². The molecule has 9 atom stereocenters. The molecule has 2 aromatic carbocycles. The molecule has 2 aromatic rings. The quantitative estimate of drug-likeness (QED) is 0.0341. The summed E-state index contributed by atoms with van der Waals surface area (Å²) in [5.41, 5.74) is 17.6. The number of aromatic hydroxyl groups is 2. The van der Waals surface area contributed by atoms with Crippen molar-refractivity contribution in [3.63, 3.8) is 0 Å². The number of phenols is 2. The summed E-state index contributed by atoms with van der Waals surface area (Å²) in [4.78, 5) is 171. The second-order valence-corrected chi connectivity index (χ2v) is 21.1. The normalized spacial score (nSPS) is 14.4. The van der Waals surface area contributed by atoms with Gasteiger partial charge in [-0.05, 0) is 85.3 Å². The first-order chi connectivity index (χ1) is 38.8. The van der Waals surface area contributed by atoms with Crippen molar-refractivity contribution in [2.45, 2.75) is 167 Å². The minimum absolute atomic E-state index is 0.0200. The third kappa shape index (κ3) is 26.5. The Kier molecular flexibility index (Phi) is 29.1. The van der Waals surface area contributed by atoms with E-state index in [1.54, 1.807) is 27.7 Å². The molecule has 0 aromatic heterocycles. The molecule has 458 valence electrons. The summed E-state index contributed by atoms with van der Waals surface area (Å²) >= 11 is 0. The van der Waals surface area contributed by atoms with Crippen molar-refractivity contribution in [2.24, 2.45) is 35.0 Å². The molecule has 19 N–H and O–H groups in total. The van der Waals surface area contributed by atoms with Crippen LogP contribution in [0.5, 0.6) is 11.5 Å². The number of benzene rings is 2. The van der Waals surface area contributed by atoms with Gasteiger partial charge in [0.1, 0.15) is 59.8 Å². The molecule has 0 saturated heterocycles. The zero-order chi connectivity index (χ0) is 62.8. The van der Waals surface area contributed by atoms with Gasteiger partial charge in [-0.25, -0.2) is 4.79 Å². The third-order valence-electron chi connectivity index (χ3n) is 12.6. The SMILES string of the molecule is CC(C)C[C@H](NC(=O)[C@H](Cc1ccc(O)cc1)NC(=O)[C@H](CC(N)=O)NC(=O)[C@H](CCC(=O)O)NC(=O)[C@H](CCC(N)=O)NC(=O)[C@@H](NC(=O)[C@@H](N)CC(C)C)C(C)C)C(=O)N[C@@H](CCC(=O)O)C(=O)N[C@@H](Cc1ccc(O)cc1)C(=O)O. The lowest BCUT2D eigenvalue weighted by Crippen LogP contribution is -2.61. The van der Waals surface area contributed by atoms with Crippen molar-refractivity contribution < 1.29 is 87.9 Å². The van der Waals surface area contributed by atoms with Gasteiger partial charge in [-0.2, -0.15) is 0 Å². The summed E-state index contributed by atoms with van der Waals surface area (Å²) in [6.45, 7) is 10.2. The van der Waals surface area contributed by atoms with Crippen LogP contribution in [0.3, 0.4) is 0 Å². The highest BCUT2D eigenvalue weighted by Gasteiger charge is 2.37. The molecule has 29 heteroatoms. The van der Waals surface area contributed by atoms with Gasteiger partial charge < -0.3 is 85.3 Å². The Morgan fingerprint density at radius 2 is 0.759 bits per heavy atom. The van der Waals surface area contributed by atoms with Crippen LogP contribution in [-0.2, 0) is 75.2 Å². The van der Waals surface area contributed by atoms with E-state index in [2.05, 4.69) is 42.5 Å². The topological polar surface area (TPSA) is 497 Å². The van der Waals surface area contributed by atoms with E-state index in [0.717, 1.165) is 0 Å². The van der Waals surface area contributed by atoms with Gasteiger partial charge in [0, 0.05) is 32.1 Å². The van der Waals surface area contributed by atoms with Crippen molar-refractivity contribution in [1.29, 1.82) is 0 Å². The summed E-state index contributed by atoms with van der Waals surface area (Å²) in [6, 6.07) is -3.64. The molecule has 0 fully saturated rings. The Bertz CT molecular complexity index is 2620. The van der Waals surface area contributed by atoms with Crippen molar-refractivity contribution in [1.82, 2.24) is 42.5 Å². The van der Waals surface area contributed by atoms with E-state index in [9.17, 15) is 87.9 Å². The number of primary amides is 2. The van der Waals surface area contributed by atoms with Gasteiger partial charge in [0.05, 0.1) is 12.5 Å². The van der Waals surface area contributed by atoms with Gasteiger partial charge in [0.15, 0.2) is 0 Å². The number of phenolic OH excluding ortho intramolecular Hbond substituents is 2. The summed E-state index contributed by atoms with van der Waals surface area (Å²) in [5.74, 6) is -16.2. The smallest absolute Gasteiger partial charge is 0.326 e. The predicted molar refractivity (Wildman–Crippen MR) is 294 cm³/mol. The maximum absolute atomic E-state index is 14.4.